The number of aryl methyl sites for hydroxylation is 3. The first-order chi connectivity index (χ1) is 18.5. The molecule has 2 fully saturated rings. The summed E-state index contributed by atoms with van der Waals surface area (Å²) in [6, 6.07) is 15.0. The third-order valence-electron chi connectivity index (χ3n) is 9.24. The number of carbonyl (C=O) groups excluding carboxylic acids is 1. The van der Waals surface area contributed by atoms with Gasteiger partial charge in [0.05, 0.1) is 5.41 Å². The van der Waals surface area contributed by atoms with Crippen LogP contribution in [0, 0.1) is 32.6 Å². The molecule has 0 N–H and O–H groups in total. The van der Waals surface area contributed by atoms with Gasteiger partial charge < -0.3 is 4.90 Å². The molecule has 0 spiro atoms. The Bertz CT molecular complexity index is 965. The molecule has 0 amide bonds. The van der Waals surface area contributed by atoms with Crippen LogP contribution in [0.5, 0.6) is 0 Å². The molecule has 1 saturated heterocycles. The minimum Gasteiger partial charge on any atom is -0.301 e. The monoisotopic (exact) mass is 553 g/mol. The van der Waals surface area contributed by atoms with E-state index in [-0.39, 0.29) is 11.2 Å². The molecule has 0 radical (unpaired) electrons. The zero-order chi connectivity index (χ0) is 29.0. The van der Waals surface area contributed by atoms with Gasteiger partial charge >= 0.3 is 0 Å². The zero-order valence-corrected chi connectivity index (χ0v) is 27.0. The van der Waals surface area contributed by atoms with Gasteiger partial charge in [-0.25, -0.2) is 0 Å². The predicted octanol–water partition coefficient (Wildman–Crippen LogP) is 10.3. The smallest absolute Gasteiger partial charge is 0.140 e. The zero-order valence-electron chi connectivity index (χ0n) is 26.3. The van der Waals surface area contributed by atoms with Gasteiger partial charge in [0.2, 0.25) is 0 Å². The number of halogens is 1. The number of Topliss-reactive ketones (excluding diaryl/α,β-unsaturated/α-hetero) is 1. The van der Waals surface area contributed by atoms with Gasteiger partial charge in [0, 0.05) is 11.1 Å². The molecule has 1 saturated carbocycles. The minimum absolute atomic E-state index is 0.280. The molecule has 2 aromatic carbocycles. The third-order valence-corrected chi connectivity index (χ3v) is 9.48. The maximum atomic E-state index is 12.6. The Morgan fingerprint density at radius 3 is 1.95 bits per heavy atom. The van der Waals surface area contributed by atoms with Crippen LogP contribution in [0.3, 0.4) is 0 Å². The van der Waals surface area contributed by atoms with Gasteiger partial charge in [-0.3, -0.25) is 4.79 Å². The van der Waals surface area contributed by atoms with E-state index >= 15 is 0 Å². The van der Waals surface area contributed by atoms with Crippen LogP contribution >= 0.6 is 11.6 Å². The molecule has 1 aliphatic carbocycles. The van der Waals surface area contributed by atoms with Gasteiger partial charge in [-0.05, 0) is 102 Å². The standard InChI is InChI=1S/C21H32ClNO.C8H10.C7H14/c1-6-15(2)13-17(4)23-11-9-21(10-12-23,18(5)24)20-14-19(22)8-7-16(20)3;1-7-3-5-8(2)6-4-7;1-2-4-7-5-3-6-7/h7-8,14-15,17H,6,9-13H2,1-5H3;3-6H,1-2H3;7H,2-6H2,1H3. The Balaban J connectivity index is 0.000000286. The molecule has 2 nitrogen and oxygen atoms in total. The average molecular weight is 554 g/mol. The highest BCUT2D eigenvalue weighted by Crippen LogP contribution is 2.40. The quantitative estimate of drug-likeness (QED) is 0.324. The first-order valence-corrected chi connectivity index (χ1v) is 15.9. The molecule has 2 aliphatic rings. The van der Waals surface area contributed by atoms with Crippen molar-refractivity contribution < 1.29 is 4.79 Å². The molecule has 1 aliphatic heterocycles. The molecule has 0 bridgehead atoms. The Kier molecular flexibility index (Phi) is 14.3. The SMILES string of the molecule is CCC(C)CC(C)N1CCC(C(C)=O)(c2cc(Cl)ccc2C)CC1.CCCC1CCC1.Cc1ccc(C)cc1. The minimum atomic E-state index is -0.360. The summed E-state index contributed by atoms with van der Waals surface area (Å²) in [4.78, 5) is 15.2. The molecular weight excluding hydrogens is 498 g/mol. The van der Waals surface area contributed by atoms with Gasteiger partial charge in [-0.15, -0.1) is 0 Å². The number of ketones is 1. The van der Waals surface area contributed by atoms with Crippen molar-refractivity contribution in [3.63, 3.8) is 0 Å². The van der Waals surface area contributed by atoms with E-state index in [9.17, 15) is 4.79 Å². The van der Waals surface area contributed by atoms with Crippen LogP contribution in [0.2, 0.25) is 5.02 Å². The maximum absolute atomic E-state index is 12.6. The van der Waals surface area contributed by atoms with Crippen LogP contribution in [0.1, 0.15) is 115 Å². The van der Waals surface area contributed by atoms with Crippen molar-refractivity contribution in [3.05, 3.63) is 69.7 Å². The highest BCUT2D eigenvalue weighted by atomic mass is 35.5. The van der Waals surface area contributed by atoms with Gasteiger partial charge in [-0.2, -0.15) is 0 Å². The maximum Gasteiger partial charge on any atom is 0.140 e. The van der Waals surface area contributed by atoms with Crippen molar-refractivity contribution in [2.45, 2.75) is 125 Å². The van der Waals surface area contributed by atoms with Crippen molar-refractivity contribution in [3.8, 4) is 0 Å². The average Bonchev–Trinajstić information content (AvgIpc) is 2.90. The van der Waals surface area contributed by atoms with Crippen LogP contribution in [0.4, 0.5) is 0 Å². The van der Waals surface area contributed by atoms with E-state index in [1.54, 1.807) is 6.92 Å². The summed E-state index contributed by atoms with van der Waals surface area (Å²) >= 11 is 6.23. The Hall–Kier alpha value is -1.64. The summed E-state index contributed by atoms with van der Waals surface area (Å²) in [5, 5.41) is 0.726. The lowest BCUT2D eigenvalue weighted by atomic mass is 9.68. The number of piperidine rings is 1. The van der Waals surface area contributed by atoms with Crippen molar-refractivity contribution in [1.82, 2.24) is 4.90 Å². The van der Waals surface area contributed by atoms with E-state index in [1.807, 2.05) is 18.2 Å². The van der Waals surface area contributed by atoms with Crippen LogP contribution in [-0.2, 0) is 10.2 Å². The fraction of sp³-hybridized carbons (Fsp3) is 0.639. The second kappa shape index (κ2) is 16.6. The number of rotatable bonds is 8. The molecule has 0 aromatic heterocycles. The summed E-state index contributed by atoms with van der Waals surface area (Å²) in [6.07, 6.45) is 11.7. The molecule has 2 atom stereocenters. The largest absolute Gasteiger partial charge is 0.301 e. The highest BCUT2D eigenvalue weighted by Gasteiger charge is 2.42. The number of carbonyl (C=O) groups is 1. The molecule has 4 rings (SSSR count). The third kappa shape index (κ3) is 10.4. The van der Waals surface area contributed by atoms with Gasteiger partial charge in [-0.1, -0.05) is 112 Å². The van der Waals surface area contributed by atoms with Crippen LogP contribution in [0.25, 0.3) is 0 Å². The first kappa shape index (κ1) is 33.6. The predicted molar refractivity (Wildman–Crippen MR) is 171 cm³/mol. The van der Waals surface area contributed by atoms with Crippen LogP contribution in [0.15, 0.2) is 42.5 Å². The summed E-state index contributed by atoms with van der Waals surface area (Å²) < 4.78 is 0. The van der Waals surface area contributed by atoms with E-state index in [2.05, 4.69) is 77.6 Å². The molecule has 39 heavy (non-hydrogen) atoms. The lowest BCUT2D eigenvalue weighted by Crippen LogP contribution is -2.49. The number of nitrogens with zero attached hydrogens (tertiary/aromatic N) is 1. The second-order valence-corrected chi connectivity index (χ2v) is 12.9. The normalized spacial score (nSPS) is 18.5. The van der Waals surface area contributed by atoms with Crippen molar-refractivity contribution in [2.24, 2.45) is 11.8 Å². The van der Waals surface area contributed by atoms with Gasteiger partial charge in [0.25, 0.3) is 0 Å². The van der Waals surface area contributed by atoms with Crippen LogP contribution in [-0.4, -0.2) is 29.8 Å². The number of hydrogen-bond acceptors (Lipinski definition) is 2. The molecule has 2 unspecified atom stereocenters. The summed E-state index contributed by atoms with van der Waals surface area (Å²) in [5.41, 5.74) is 4.61. The molecule has 218 valence electrons. The Morgan fingerprint density at radius 1 is 0.974 bits per heavy atom. The number of hydrogen-bond donors (Lipinski definition) is 0. The summed E-state index contributed by atoms with van der Waals surface area (Å²) in [6.45, 7) is 19.2. The van der Waals surface area contributed by atoms with E-state index in [0.717, 1.165) is 48.4 Å². The summed E-state index contributed by atoms with van der Waals surface area (Å²) in [5.74, 6) is 2.17. The lowest BCUT2D eigenvalue weighted by Gasteiger charge is -2.44. The lowest BCUT2D eigenvalue weighted by molar-refractivity contribution is -0.124. The first-order valence-electron chi connectivity index (χ1n) is 15.6. The van der Waals surface area contributed by atoms with Gasteiger partial charge in [0.1, 0.15) is 5.78 Å². The molecule has 3 heteroatoms. The fourth-order valence-corrected chi connectivity index (χ4v) is 6.16. The van der Waals surface area contributed by atoms with E-state index in [4.69, 9.17) is 11.6 Å². The van der Waals surface area contributed by atoms with Crippen LogP contribution < -0.4 is 0 Å². The van der Waals surface area contributed by atoms with E-state index in [1.165, 1.54) is 61.6 Å². The fourth-order valence-electron chi connectivity index (χ4n) is 5.99. The van der Waals surface area contributed by atoms with Crippen molar-refractivity contribution >= 4 is 17.4 Å². The van der Waals surface area contributed by atoms with Crippen molar-refractivity contribution in [1.29, 1.82) is 0 Å². The topological polar surface area (TPSA) is 20.3 Å². The number of likely N-dealkylation sites (tertiary alicyclic amines) is 1. The van der Waals surface area contributed by atoms with E-state index < -0.39 is 0 Å². The number of benzene rings is 2. The second-order valence-electron chi connectivity index (χ2n) is 12.5. The Morgan fingerprint density at radius 2 is 1.54 bits per heavy atom. The molecular formula is C36H56ClNO. The molecule has 1 heterocycles. The highest BCUT2D eigenvalue weighted by molar-refractivity contribution is 6.30. The van der Waals surface area contributed by atoms with E-state index in [0.29, 0.717) is 6.04 Å². The Labute approximate surface area is 245 Å². The summed E-state index contributed by atoms with van der Waals surface area (Å²) in [7, 11) is 0. The molecule has 2 aromatic rings. The van der Waals surface area contributed by atoms with Gasteiger partial charge in [0.15, 0.2) is 0 Å². The van der Waals surface area contributed by atoms with Crippen molar-refractivity contribution in [2.75, 3.05) is 13.1 Å².